The number of amides is 1. The number of rotatable bonds is 5. The van der Waals surface area contributed by atoms with Gasteiger partial charge < -0.3 is 5.32 Å². The van der Waals surface area contributed by atoms with Crippen molar-refractivity contribution >= 4 is 21.6 Å². The van der Waals surface area contributed by atoms with E-state index in [1.807, 2.05) is 19.9 Å². The number of sulfonamides is 1. The van der Waals surface area contributed by atoms with Crippen LogP contribution in [0.15, 0.2) is 18.2 Å². The summed E-state index contributed by atoms with van der Waals surface area (Å²) in [6.07, 6.45) is 3.81. The second kappa shape index (κ2) is 6.28. The van der Waals surface area contributed by atoms with E-state index in [9.17, 15) is 13.2 Å². The molecule has 1 aliphatic rings. The molecule has 6 heteroatoms. The van der Waals surface area contributed by atoms with Crippen LogP contribution in [0.2, 0.25) is 0 Å². The summed E-state index contributed by atoms with van der Waals surface area (Å²) in [5.74, 6) is -0.103. The van der Waals surface area contributed by atoms with Gasteiger partial charge in [-0.25, -0.2) is 8.42 Å². The molecule has 1 amide bonds. The number of hydrogen-bond acceptors (Lipinski definition) is 3. The number of fused-ring (bicyclic) bond motifs is 1. The number of carbonyl (C=O) groups excluding carboxylic acids is 1. The highest BCUT2D eigenvalue weighted by atomic mass is 32.2. The van der Waals surface area contributed by atoms with E-state index in [1.54, 1.807) is 12.1 Å². The second-order valence-corrected chi connectivity index (χ2v) is 7.98. The van der Waals surface area contributed by atoms with Gasteiger partial charge >= 0.3 is 0 Å². The third-order valence-electron chi connectivity index (χ3n) is 3.95. The van der Waals surface area contributed by atoms with Gasteiger partial charge in [0, 0.05) is 17.6 Å². The van der Waals surface area contributed by atoms with Gasteiger partial charge in [0.1, 0.15) is 0 Å². The molecule has 1 N–H and O–H groups in total. The minimum atomic E-state index is -3.29. The summed E-state index contributed by atoms with van der Waals surface area (Å²) in [5, 5.41) is 2.97. The van der Waals surface area contributed by atoms with Gasteiger partial charge in [0.2, 0.25) is 10.0 Å². The Morgan fingerprint density at radius 1 is 1.45 bits per heavy atom. The zero-order valence-electron chi connectivity index (χ0n) is 13.6. The van der Waals surface area contributed by atoms with Crippen molar-refractivity contribution in [2.75, 3.05) is 10.6 Å². The summed E-state index contributed by atoms with van der Waals surface area (Å²) < 4.78 is 25.2. The Hall–Kier alpha value is -1.56. The molecule has 2 atom stereocenters. The van der Waals surface area contributed by atoms with E-state index >= 15 is 0 Å². The molecule has 122 valence electrons. The van der Waals surface area contributed by atoms with Gasteiger partial charge in [-0.1, -0.05) is 13.3 Å². The van der Waals surface area contributed by atoms with Crippen LogP contribution >= 0.6 is 0 Å². The van der Waals surface area contributed by atoms with Crippen molar-refractivity contribution in [3.8, 4) is 0 Å². The fraction of sp³-hybridized carbons (Fsp3) is 0.562. The van der Waals surface area contributed by atoms with Crippen LogP contribution in [0.4, 0.5) is 5.69 Å². The van der Waals surface area contributed by atoms with Gasteiger partial charge in [0.25, 0.3) is 5.91 Å². The van der Waals surface area contributed by atoms with Crippen LogP contribution in [-0.2, 0) is 16.4 Å². The maximum absolute atomic E-state index is 12.2. The van der Waals surface area contributed by atoms with E-state index in [-0.39, 0.29) is 18.0 Å². The molecule has 0 unspecified atom stereocenters. The largest absolute Gasteiger partial charge is 0.350 e. The third-order valence-corrected chi connectivity index (χ3v) is 5.22. The Kier molecular flexibility index (Phi) is 4.80. The standard InChI is InChI=1S/C16H24N2O3S/c1-5-6-11(2)17-16(19)13-7-8-15-14(10-13)9-12(3)18(15)22(4,20)21/h7-8,10-12H,5-6,9H2,1-4H3,(H,17,19)/t11-,12+/m1/s1. The highest BCUT2D eigenvalue weighted by Gasteiger charge is 2.32. The first-order valence-electron chi connectivity index (χ1n) is 7.67. The Morgan fingerprint density at radius 3 is 2.73 bits per heavy atom. The molecule has 0 saturated heterocycles. The average Bonchev–Trinajstić information content (AvgIpc) is 2.73. The topological polar surface area (TPSA) is 66.5 Å². The first-order chi connectivity index (χ1) is 10.2. The van der Waals surface area contributed by atoms with Crippen molar-refractivity contribution in [2.45, 2.75) is 52.1 Å². The lowest BCUT2D eigenvalue weighted by atomic mass is 10.1. The molecular weight excluding hydrogens is 300 g/mol. The van der Waals surface area contributed by atoms with Crippen LogP contribution in [0.1, 0.15) is 49.5 Å². The lowest BCUT2D eigenvalue weighted by Gasteiger charge is -2.22. The smallest absolute Gasteiger partial charge is 0.251 e. The van der Waals surface area contributed by atoms with Gasteiger partial charge in [-0.2, -0.15) is 0 Å². The second-order valence-electron chi connectivity index (χ2n) is 6.12. The van der Waals surface area contributed by atoms with Crippen molar-refractivity contribution in [3.05, 3.63) is 29.3 Å². The van der Waals surface area contributed by atoms with Crippen LogP contribution in [0.5, 0.6) is 0 Å². The molecule has 0 spiro atoms. The molecule has 0 aliphatic carbocycles. The van der Waals surface area contributed by atoms with Crippen molar-refractivity contribution in [3.63, 3.8) is 0 Å². The molecular formula is C16H24N2O3S. The number of nitrogens with one attached hydrogen (secondary N) is 1. The summed E-state index contributed by atoms with van der Waals surface area (Å²) in [6.45, 7) is 5.95. The van der Waals surface area contributed by atoms with Gasteiger partial charge in [-0.3, -0.25) is 9.10 Å². The summed E-state index contributed by atoms with van der Waals surface area (Å²) in [6, 6.07) is 5.27. The molecule has 2 rings (SSSR count). The number of anilines is 1. The zero-order valence-corrected chi connectivity index (χ0v) is 14.4. The van der Waals surface area contributed by atoms with Crippen molar-refractivity contribution in [1.82, 2.24) is 5.32 Å². The molecule has 0 saturated carbocycles. The minimum absolute atomic E-state index is 0.103. The molecule has 1 aromatic rings. The molecule has 5 nitrogen and oxygen atoms in total. The summed E-state index contributed by atoms with van der Waals surface area (Å²) >= 11 is 0. The Balaban J connectivity index is 2.24. The van der Waals surface area contributed by atoms with Crippen LogP contribution in [-0.4, -0.2) is 32.7 Å². The molecule has 1 aromatic carbocycles. The van der Waals surface area contributed by atoms with E-state index in [0.717, 1.165) is 18.4 Å². The van der Waals surface area contributed by atoms with Crippen molar-refractivity contribution in [1.29, 1.82) is 0 Å². The predicted molar refractivity (Wildman–Crippen MR) is 88.8 cm³/mol. The summed E-state index contributed by atoms with van der Waals surface area (Å²) in [4.78, 5) is 12.2. The maximum Gasteiger partial charge on any atom is 0.251 e. The number of benzene rings is 1. The van der Waals surface area contributed by atoms with Crippen LogP contribution in [0, 0.1) is 0 Å². The molecule has 0 radical (unpaired) electrons. The number of hydrogen-bond donors (Lipinski definition) is 1. The molecule has 22 heavy (non-hydrogen) atoms. The first kappa shape index (κ1) is 16.8. The Labute approximate surface area is 132 Å². The maximum atomic E-state index is 12.2. The van der Waals surface area contributed by atoms with Gasteiger partial charge in [-0.15, -0.1) is 0 Å². The molecule has 1 aliphatic heterocycles. The quantitative estimate of drug-likeness (QED) is 0.904. The Bertz CT molecular complexity index is 670. The van der Waals surface area contributed by atoms with E-state index < -0.39 is 10.0 Å². The highest BCUT2D eigenvalue weighted by molar-refractivity contribution is 7.92. The highest BCUT2D eigenvalue weighted by Crippen LogP contribution is 2.34. The molecule has 1 heterocycles. The zero-order chi connectivity index (χ0) is 16.5. The van der Waals surface area contributed by atoms with E-state index in [2.05, 4.69) is 12.2 Å². The third kappa shape index (κ3) is 3.43. The van der Waals surface area contributed by atoms with Crippen LogP contribution in [0.3, 0.4) is 0 Å². The van der Waals surface area contributed by atoms with Crippen LogP contribution < -0.4 is 9.62 Å². The lowest BCUT2D eigenvalue weighted by Crippen LogP contribution is -2.34. The number of carbonyl (C=O) groups is 1. The lowest BCUT2D eigenvalue weighted by molar-refractivity contribution is 0.0938. The van der Waals surface area contributed by atoms with Gasteiger partial charge in [0.15, 0.2) is 0 Å². The summed E-state index contributed by atoms with van der Waals surface area (Å²) in [5.41, 5.74) is 2.19. The first-order valence-corrected chi connectivity index (χ1v) is 9.52. The normalized spacial score (nSPS) is 18.9. The number of nitrogens with zero attached hydrogens (tertiary/aromatic N) is 1. The minimum Gasteiger partial charge on any atom is -0.350 e. The summed E-state index contributed by atoms with van der Waals surface area (Å²) in [7, 11) is -3.29. The van der Waals surface area contributed by atoms with Crippen molar-refractivity contribution < 1.29 is 13.2 Å². The van der Waals surface area contributed by atoms with Crippen molar-refractivity contribution in [2.24, 2.45) is 0 Å². The molecule has 0 bridgehead atoms. The van der Waals surface area contributed by atoms with Gasteiger partial charge in [-0.05, 0) is 50.5 Å². The van der Waals surface area contributed by atoms with E-state index in [1.165, 1.54) is 10.6 Å². The Morgan fingerprint density at radius 2 is 2.14 bits per heavy atom. The van der Waals surface area contributed by atoms with E-state index in [4.69, 9.17) is 0 Å². The van der Waals surface area contributed by atoms with Gasteiger partial charge in [0.05, 0.1) is 11.9 Å². The fourth-order valence-corrected chi connectivity index (χ4v) is 4.33. The monoisotopic (exact) mass is 324 g/mol. The fourth-order valence-electron chi connectivity index (χ4n) is 3.06. The SMILES string of the molecule is CCC[C@@H](C)NC(=O)c1ccc2c(c1)C[C@H](C)N2S(C)(=O)=O. The molecule has 0 fully saturated rings. The predicted octanol–water partition coefficient (Wildman–Crippen LogP) is 2.32. The molecule has 0 aromatic heterocycles. The van der Waals surface area contributed by atoms with Crippen LogP contribution in [0.25, 0.3) is 0 Å². The van der Waals surface area contributed by atoms with E-state index in [0.29, 0.717) is 17.7 Å². The average molecular weight is 324 g/mol.